The first-order chi connectivity index (χ1) is 23.4. The van der Waals surface area contributed by atoms with E-state index in [-0.39, 0.29) is 24.0 Å². The fourth-order valence-electron chi connectivity index (χ4n) is 6.21. The standard InChI is InChI=1S/C39H47N5O5/c1-26-14-21-34(45)31(23-26)35-29(25-43(5)42-35)18-15-27-16-19-30(20-17-27)40-36(46)33-13-9-10-22-44(33)37(47)32(24-28-11-7-6-8-12-28)41-38(48)49-39(2,3)4/h6-8,11-12,14,16-17,19-21,23,25,32-33,45H,9-10,13,15,18,22,24H2,1-5H3,(H,40,46)(H,41,48)/t32-,33?/m0/s1. The van der Waals surface area contributed by atoms with Crippen molar-refractivity contribution in [3.8, 4) is 17.0 Å². The van der Waals surface area contributed by atoms with Crippen molar-refractivity contribution < 1.29 is 24.2 Å². The van der Waals surface area contributed by atoms with E-state index in [2.05, 4.69) is 15.7 Å². The fourth-order valence-corrected chi connectivity index (χ4v) is 6.21. The second kappa shape index (κ2) is 15.4. The molecule has 1 unspecified atom stereocenters. The number of hydrogen-bond donors (Lipinski definition) is 3. The molecule has 1 aromatic heterocycles. The van der Waals surface area contributed by atoms with E-state index in [4.69, 9.17) is 4.74 Å². The SMILES string of the molecule is Cc1ccc(O)c(-c2nn(C)cc2CCc2ccc(NC(=O)C3CCCCN3C(=O)[C@H](Cc3ccccc3)NC(=O)OC(C)(C)C)cc2)c1. The van der Waals surface area contributed by atoms with Crippen LogP contribution >= 0.6 is 0 Å². The molecule has 0 saturated carbocycles. The molecule has 1 saturated heterocycles. The third-order valence-electron chi connectivity index (χ3n) is 8.58. The van der Waals surface area contributed by atoms with Crippen LogP contribution in [0.4, 0.5) is 10.5 Å². The third-order valence-corrected chi connectivity index (χ3v) is 8.58. The number of anilines is 1. The zero-order valence-electron chi connectivity index (χ0n) is 29.0. The number of aryl methyl sites for hydroxylation is 4. The second-order valence-corrected chi connectivity index (χ2v) is 13.8. The maximum atomic E-state index is 14.0. The van der Waals surface area contributed by atoms with Gasteiger partial charge in [0.2, 0.25) is 11.8 Å². The van der Waals surface area contributed by atoms with Crippen molar-refractivity contribution in [2.75, 3.05) is 11.9 Å². The molecule has 49 heavy (non-hydrogen) atoms. The van der Waals surface area contributed by atoms with Gasteiger partial charge in [0.1, 0.15) is 23.4 Å². The number of carbonyl (C=O) groups excluding carboxylic acids is 3. The number of phenols is 1. The van der Waals surface area contributed by atoms with Crippen molar-refractivity contribution in [3.05, 3.63) is 101 Å². The summed E-state index contributed by atoms with van der Waals surface area (Å²) in [4.78, 5) is 42.0. The molecular weight excluding hydrogens is 618 g/mol. The number of aromatic nitrogens is 2. The number of aromatic hydroxyl groups is 1. The molecule has 0 bridgehead atoms. The van der Waals surface area contributed by atoms with Crippen LogP contribution in [0.2, 0.25) is 0 Å². The molecule has 2 heterocycles. The highest BCUT2D eigenvalue weighted by molar-refractivity contribution is 5.98. The Morgan fingerprint density at radius 2 is 1.71 bits per heavy atom. The first-order valence-electron chi connectivity index (χ1n) is 16.9. The van der Waals surface area contributed by atoms with Crippen molar-refractivity contribution in [2.45, 2.75) is 83.9 Å². The van der Waals surface area contributed by atoms with Gasteiger partial charge >= 0.3 is 6.09 Å². The van der Waals surface area contributed by atoms with Crippen molar-refractivity contribution in [2.24, 2.45) is 7.05 Å². The zero-order chi connectivity index (χ0) is 35.1. The Labute approximate surface area is 288 Å². The molecule has 3 aromatic carbocycles. The van der Waals surface area contributed by atoms with Gasteiger partial charge in [0.05, 0.1) is 5.69 Å². The van der Waals surface area contributed by atoms with E-state index in [9.17, 15) is 19.5 Å². The summed E-state index contributed by atoms with van der Waals surface area (Å²) in [6.45, 7) is 7.73. The predicted octanol–water partition coefficient (Wildman–Crippen LogP) is 6.34. The number of nitrogens with zero attached hydrogens (tertiary/aromatic N) is 3. The molecule has 1 aliphatic heterocycles. The highest BCUT2D eigenvalue weighted by Gasteiger charge is 2.37. The van der Waals surface area contributed by atoms with E-state index in [1.54, 1.807) is 36.4 Å². The highest BCUT2D eigenvalue weighted by atomic mass is 16.6. The van der Waals surface area contributed by atoms with Crippen molar-refractivity contribution in [1.29, 1.82) is 0 Å². The zero-order valence-corrected chi connectivity index (χ0v) is 29.0. The van der Waals surface area contributed by atoms with Gasteiger partial charge in [-0.05, 0) is 101 Å². The molecule has 0 aliphatic carbocycles. The number of phenolic OH excluding ortho intramolecular Hbond substituents is 1. The summed E-state index contributed by atoms with van der Waals surface area (Å²) >= 11 is 0. The Balaban J connectivity index is 1.24. The van der Waals surface area contributed by atoms with Crippen LogP contribution in [-0.4, -0.2) is 61.9 Å². The van der Waals surface area contributed by atoms with Crippen LogP contribution in [0.25, 0.3) is 11.3 Å². The minimum absolute atomic E-state index is 0.204. The van der Waals surface area contributed by atoms with Crippen molar-refractivity contribution in [1.82, 2.24) is 20.0 Å². The first kappa shape index (κ1) is 35.2. The summed E-state index contributed by atoms with van der Waals surface area (Å²) in [5.74, 6) is -0.358. The molecule has 3 N–H and O–H groups in total. The number of likely N-dealkylation sites (tertiary alicyclic amines) is 1. The quantitative estimate of drug-likeness (QED) is 0.182. The molecule has 2 atom stereocenters. The Hall–Kier alpha value is -5.12. The van der Waals surface area contributed by atoms with Crippen LogP contribution in [-0.2, 0) is 40.6 Å². The van der Waals surface area contributed by atoms with Gasteiger partial charge in [-0.25, -0.2) is 4.79 Å². The predicted molar refractivity (Wildman–Crippen MR) is 190 cm³/mol. The van der Waals surface area contributed by atoms with Gasteiger partial charge in [-0.1, -0.05) is 54.1 Å². The molecule has 3 amide bonds. The molecular formula is C39H47N5O5. The normalized spacial score (nSPS) is 15.4. The van der Waals surface area contributed by atoms with Gasteiger partial charge in [0.15, 0.2) is 0 Å². The van der Waals surface area contributed by atoms with Crippen LogP contribution in [0.1, 0.15) is 62.3 Å². The maximum absolute atomic E-state index is 14.0. The second-order valence-electron chi connectivity index (χ2n) is 13.8. The Kier molecular flexibility index (Phi) is 11.1. The van der Waals surface area contributed by atoms with Gasteiger partial charge in [0, 0.05) is 37.5 Å². The molecule has 1 fully saturated rings. The number of alkyl carbamates (subject to hydrolysis) is 1. The Bertz CT molecular complexity index is 1760. The largest absolute Gasteiger partial charge is 0.507 e. The molecule has 5 rings (SSSR count). The Morgan fingerprint density at radius 1 is 0.980 bits per heavy atom. The Morgan fingerprint density at radius 3 is 2.43 bits per heavy atom. The lowest BCUT2D eigenvalue weighted by Crippen LogP contribution is -2.57. The summed E-state index contributed by atoms with van der Waals surface area (Å²) in [7, 11) is 1.87. The van der Waals surface area contributed by atoms with Gasteiger partial charge < -0.3 is 25.4 Å². The number of carbonyl (C=O) groups is 3. The van der Waals surface area contributed by atoms with Crippen LogP contribution < -0.4 is 10.6 Å². The summed E-state index contributed by atoms with van der Waals surface area (Å²) in [6.07, 6.45) is 5.18. The van der Waals surface area contributed by atoms with E-state index in [0.29, 0.717) is 18.7 Å². The third kappa shape index (κ3) is 9.49. The van der Waals surface area contributed by atoms with Gasteiger partial charge in [-0.3, -0.25) is 14.3 Å². The average Bonchev–Trinajstić information content (AvgIpc) is 3.44. The van der Waals surface area contributed by atoms with Crippen LogP contribution in [0.3, 0.4) is 0 Å². The summed E-state index contributed by atoms with van der Waals surface area (Å²) in [5, 5.41) is 20.9. The van der Waals surface area contributed by atoms with Crippen molar-refractivity contribution >= 4 is 23.6 Å². The monoisotopic (exact) mass is 665 g/mol. The van der Waals surface area contributed by atoms with Crippen LogP contribution in [0.5, 0.6) is 5.75 Å². The number of piperidine rings is 1. The van der Waals surface area contributed by atoms with Crippen molar-refractivity contribution in [3.63, 3.8) is 0 Å². The van der Waals surface area contributed by atoms with E-state index in [0.717, 1.165) is 59.2 Å². The van der Waals surface area contributed by atoms with E-state index < -0.39 is 23.8 Å². The van der Waals surface area contributed by atoms with Crippen LogP contribution in [0, 0.1) is 6.92 Å². The fraction of sp³-hybridized carbons (Fsp3) is 0.385. The van der Waals surface area contributed by atoms with Gasteiger partial charge in [0.25, 0.3) is 0 Å². The molecule has 0 radical (unpaired) electrons. The average molecular weight is 666 g/mol. The topological polar surface area (TPSA) is 126 Å². The lowest BCUT2D eigenvalue weighted by Gasteiger charge is -2.37. The summed E-state index contributed by atoms with van der Waals surface area (Å²) in [6, 6.07) is 21.2. The number of hydrogen-bond acceptors (Lipinski definition) is 6. The minimum atomic E-state index is -0.889. The number of amides is 3. The molecule has 258 valence electrons. The molecule has 10 nitrogen and oxygen atoms in total. The van der Waals surface area contributed by atoms with Gasteiger partial charge in [-0.15, -0.1) is 0 Å². The lowest BCUT2D eigenvalue weighted by molar-refractivity contribution is -0.142. The maximum Gasteiger partial charge on any atom is 0.408 e. The molecule has 10 heteroatoms. The first-order valence-corrected chi connectivity index (χ1v) is 16.9. The highest BCUT2D eigenvalue weighted by Crippen LogP contribution is 2.32. The summed E-state index contributed by atoms with van der Waals surface area (Å²) in [5.41, 5.74) is 5.48. The molecule has 1 aliphatic rings. The van der Waals surface area contributed by atoms with E-state index in [1.807, 2.05) is 86.9 Å². The minimum Gasteiger partial charge on any atom is -0.507 e. The lowest BCUT2D eigenvalue weighted by atomic mass is 9.98. The number of benzene rings is 3. The number of rotatable bonds is 10. The molecule has 0 spiro atoms. The van der Waals surface area contributed by atoms with E-state index >= 15 is 0 Å². The summed E-state index contributed by atoms with van der Waals surface area (Å²) < 4.78 is 7.24. The van der Waals surface area contributed by atoms with E-state index in [1.165, 1.54) is 0 Å². The number of nitrogens with one attached hydrogen (secondary N) is 2. The number of ether oxygens (including phenoxy) is 1. The smallest absolute Gasteiger partial charge is 0.408 e. The van der Waals surface area contributed by atoms with Gasteiger partial charge in [-0.2, -0.15) is 5.10 Å². The molecule has 4 aromatic rings. The van der Waals surface area contributed by atoms with Crippen LogP contribution in [0.15, 0.2) is 79.0 Å².